The SMILES string of the molecule is COC(=O)N[C@H](C(=O)NN(Cc1c(F)cc(-c2ccn(CC(F)F)n2)cc1F)C[C@H](O)[C@H](Cc1ccc(C#Cc2ccc(N3C[C@@H]4C[C@H]3CN4C3COC3)nc2)cc1)NC(=O)[C@@H](NC(=O)OC)C(C)(C)C(F)(F)F)C(C)(C)C. The normalized spacial score (nSPS) is 18.3. The lowest BCUT2D eigenvalue weighted by atomic mass is 9.82. The molecule has 0 saturated carbocycles. The molecule has 2 aromatic heterocycles. The van der Waals surface area contributed by atoms with Crippen LogP contribution in [-0.2, 0) is 43.3 Å². The number of carbonyl (C=O) groups is 4. The number of alkyl halides is 5. The molecule has 78 heavy (non-hydrogen) atoms. The second-order valence-corrected chi connectivity index (χ2v) is 21.1. The highest BCUT2D eigenvalue weighted by molar-refractivity contribution is 5.87. The van der Waals surface area contributed by atoms with Crippen LogP contribution in [0.3, 0.4) is 0 Å². The Hall–Kier alpha value is -7.01. The lowest BCUT2D eigenvalue weighted by molar-refractivity contribution is -0.220. The van der Waals surface area contributed by atoms with Crippen LogP contribution in [0.1, 0.15) is 63.3 Å². The van der Waals surface area contributed by atoms with E-state index in [0.717, 1.165) is 74.6 Å². The van der Waals surface area contributed by atoms with E-state index in [1.54, 1.807) is 51.2 Å². The monoisotopic (exact) mass is 1100 g/mol. The zero-order valence-electron chi connectivity index (χ0n) is 44.0. The Bertz CT molecular complexity index is 2810. The molecule has 6 atom stereocenters. The lowest BCUT2D eigenvalue weighted by Gasteiger charge is -2.42. The number of carbonyl (C=O) groups excluding carboxylic acids is 4. The van der Waals surface area contributed by atoms with Gasteiger partial charge < -0.3 is 40.2 Å². The van der Waals surface area contributed by atoms with Crippen molar-refractivity contribution in [1.29, 1.82) is 0 Å². The van der Waals surface area contributed by atoms with Gasteiger partial charge >= 0.3 is 18.4 Å². The molecular formula is C53H63F7N10O8. The molecule has 0 unspecified atom stereocenters. The Labute approximate surface area is 446 Å². The standard InChI is InChI=1S/C53H63F7N10O8/c1-51(2,3)45(63-49(74)76-6)48(73)66-68(25-37-38(54)19-33(20-39(37)55)40-16-17-67(65-40)27-43(56)57)26-42(71)41(62-47(72)46(64-50(75)77-7)52(4,5)53(58,59)60)18-31-11-8-30(9-12-31)10-13-32-14-15-44(61-22-32)70-24-34-21-35(70)23-69(34)36-28-78-29-36/h8-9,11-12,14-17,19-20,22,34-36,41-43,45-46,71H,18,21,23-29H2,1-7H3,(H,62,72)(H,63,74)(H,64,75)(H,66,73)/t34-,35-,41-,42-,45+,46+/m0/s1. The molecule has 7 rings (SSSR count). The molecule has 5 N–H and O–H groups in total. The van der Waals surface area contributed by atoms with Crippen LogP contribution < -0.4 is 26.3 Å². The lowest BCUT2D eigenvalue weighted by Crippen LogP contribution is -2.63. The fourth-order valence-electron chi connectivity index (χ4n) is 9.48. The van der Waals surface area contributed by atoms with Gasteiger partial charge in [-0.3, -0.25) is 24.6 Å². The average Bonchev–Trinajstić information content (AvgIpc) is 4.17. The first-order chi connectivity index (χ1) is 36.7. The third-order valence-electron chi connectivity index (χ3n) is 14.1. The molecular weight excluding hydrogens is 1040 g/mol. The summed E-state index contributed by atoms with van der Waals surface area (Å²) < 4.78 is 118. The number of nitrogens with one attached hydrogen (secondary N) is 4. The number of hydrogen-bond acceptors (Lipinski definition) is 13. The summed E-state index contributed by atoms with van der Waals surface area (Å²) in [6.07, 6.45) is -8.51. The minimum atomic E-state index is -5.08. The number of benzene rings is 2. The molecule has 2 aromatic carbocycles. The van der Waals surface area contributed by atoms with Gasteiger partial charge in [0.2, 0.25) is 5.91 Å². The van der Waals surface area contributed by atoms with Gasteiger partial charge in [-0.1, -0.05) is 44.7 Å². The summed E-state index contributed by atoms with van der Waals surface area (Å²) in [6.45, 7) is 7.05. The van der Waals surface area contributed by atoms with Gasteiger partial charge in [0.25, 0.3) is 12.3 Å². The number of aliphatic hydroxyl groups is 1. The number of aliphatic hydroxyl groups excluding tert-OH is 1. The summed E-state index contributed by atoms with van der Waals surface area (Å²) in [5, 5.41) is 23.7. The molecule has 3 aliphatic rings. The summed E-state index contributed by atoms with van der Waals surface area (Å²) in [6, 6.07) is 9.29. The number of ether oxygens (including phenoxy) is 3. The van der Waals surface area contributed by atoms with Crippen molar-refractivity contribution in [3.05, 3.63) is 101 Å². The Kier molecular flexibility index (Phi) is 18.3. The maximum atomic E-state index is 16.1. The fourth-order valence-corrected chi connectivity index (χ4v) is 9.48. The van der Waals surface area contributed by atoms with Crippen molar-refractivity contribution < 1.29 is 69.2 Å². The van der Waals surface area contributed by atoms with E-state index < -0.39 is 108 Å². The summed E-state index contributed by atoms with van der Waals surface area (Å²) in [7, 11) is 1.94. The van der Waals surface area contributed by atoms with Gasteiger partial charge in [-0.2, -0.15) is 18.3 Å². The van der Waals surface area contributed by atoms with Crippen LogP contribution in [0.5, 0.6) is 0 Å². The molecule has 18 nitrogen and oxygen atoms in total. The van der Waals surface area contributed by atoms with Crippen LogP contribution in [0.2, 0.25) is 0 Å². The zero-order valence-corrected chi connectivity index (χ0v) is 44.0. The van der Waals surface area contributed by atoms with E-state index in [4.69, 9.17) is 14.5 Å². The zero-order chi connectivity index (χ0) is 56.9. The third kappa shape index (κ3) is 14.2. The van der Waals surface area contributed by atoms with Gasteiger partial charge in [0.15, 0.2) is 0 Å². The Morgan fingerprint density at radius 2 is 1.46 bits per heavy atom. The molecule has 4 amide bonds. The van der Waals surface area contributed by atoms with Gasteiger partial charge in [-0.15, -0.1) is 0 Å². The van der Waals surface area contributed by atoms with Crippen LogP contribution in [0, 0.1) is 34.3 Å². The number of hydrogen-bond donors (Lipinski definition) is 5. The number of methoxy groups -OCH3 is 2. The van der Waals surface area contributed by atoms with E-state index in [0.29, 0.717) is 48.7 Å². The molecule has 3 fully saturated rings. The van der Waals surface area contributed by atoms with Crippen LogP contribution in [0.4, 0.5) is 46.1 Å². The van der Waals surface area contributed by atoms with E-state index in [1.807, 2.05) is 17.4 Å². The predicted molar refractivity (Wildman–Crippen MR) is 269 cm³/mol. The predicted octanol–water partition coefficient (Wildman–Crippen LogP) is 5.56. The largest absolute Gasteiger partial charge is 0.453 e. The first-order valence-electron chi connectivity index (χ1n) is 25.0. The highest BCUT2D eigenvalue weighted by Crippen LogP contribution is 2.41. The van der Waals surface area contributed by atoms with Crippen molar-refractivity contribution in [2.45, 2.75) is 116 Å². The highest BCUT2D eigenvalue weighted by atomic mass is 19.4. The number of pyridine rings is 1. The maximum absolute atomic E-state index is 16.1. The van der Waals surface area contributed by atoms with Gasteiger partial charge in [0.1, 0.15) is 36.1 Å². The average molecular weight is 1100 g/mol. The van der Waals surface area contributed by atoms with Gasteiger partial charge in [-0.05, 0) is 80.1 Å². The minimum absolute atomic E-state index is 0.0476. The third-order valence-corrected chi connectivity index (χ3v) is 14.1. The van der Waals surface area contributed by atoms with Crippen molar-refractivity contribution >= 4 is 29.8 Å². The second-order valence-electron chi connectivity index (χ2n) is 21.1. The molecule has 2 bridgehead atoms. The fraction of sp³-hybridized carbons (Fsp3) is 0.509. The van der Waals surface area contributed by atoms with Crippen molar-refractivity contribution in [3.8, 4) is 23.1 Å². The number of rotatable bonds is 19. The van der Waals surface area contributed by atoms with Crippen LogP contribution in [0.15, 0.2) is 67.0 Å². The molecule has 4 aromatic rings. The van der Waals surface area contributed by atoms with Crippen molar-refractivity contribution in [1.82, 2.24) is 46.0 Å². The Morgan fingerprint density at radius 3 is 2.00 bits per heavy atom. The summed E-state index contributed by atoms with van der Waals surface area (Å²) >= 11 is 0. The van der Waals surface area contributed by atoms with E-state index >= 15 is 8.78 Å². The second kappa shape index (κ2) is 24.3. The van der Waals surface area contributed by atoms with E-state index in [2.05, 4.69) is 47.5 Å². The van der Waals surface area contributed by atoms with Gasteiger partial charge in [0.05, 0.1) is 56.7 Å². The molecule has 3 saturated heterocycles. The summed E-state index contributed by atoms with van der Waals surface area (Å²) in [5.74, 6) is 2.25. The number of likely N-dealkylation sites (tertiary alicyclic amines) is 1. The van der Waals surface area contributed by atoms with E-state index in [9.17, 15) is 46.2 Å². The molecule has 5 heterocycles. The first kappa shape index (κ1) is 58.7. The number of halogens is 7. The number of amides is 4. The summed E-state index contributed by atoms with van der Waals surface area (Å²) in [5.41, 5.74) is -0.785. The Morgan fingerprint density at radius 1 is 0.833 bits per heavy atom. The van der Waals surface area contributed by atoms with Crippen molar-refractivity contribution in [3.63, 3.8) is 0 Å². The number of alkyl carbamates (subject to hydrolysis) is 2. The molecule has 0 spiro atoms. The van der Waals surface area contributed by atoms with E-state index in [-0.39, 0.29) is 17.7 Å². The van der Waals surface area contributed by atoms with Gasteiger partial charge in [-0.25, -0.2) is 37.1 Å². The number of anilines is 1. The first-order valence-corrected chi connectivity index (χ1v) is 25.0. The molecule has 0 radical (unpaired) electrons. The highest BCUT2D eigenvalue weighted by Gasteiger charge is 2.56. The van der Waals surface area contributed by atoms with Crippen LogP contribution in [0.25, 0.3) is 11.3 Å². The van der Waals surface area contributed by atoms with Crippen LogP contribution >= 0.6 is 0 Å². The van der Waals surface area contributed by atoms with Gasteiger partial charge in [0, 0.05) is 72.9 Å². The minimum Gasteiger partial charge on any atom is -0.453 e. The smallest absolute Gasteiger partial charge is 0.407 e. The molecule has 422 valence electrons. The summed E-state index contributed by atoms with van der Waals surface area (Å²) in [4.78, 5) is 62.6. The van der Waals surface area contributed by atoms with E-state index in [1.165, 1.54) is 12.3 Å². The molecule has 25 heteroatoms. The van der Waals surface area contributed by atoms with Crippen LogP contribution in [-0.4, -0.2) is 156 Å². The molecule has 3 aliphatic heterocycles. The number of fused-ring (bicyclic) bond motifs is 2. The quantitative estimate of drug-likeness (QED) is 0.0445. The molecule has 0 aliphatic carbocycles. The number of hydrazine groups is 1. The Balaban J connectivity index is 1.16. The number of piperazine rings is 1. The maximum Gasteiger partial charge on any atom is 0.407 e. The number of nitrogens with zero attached hydrogens (tertiary/aromatic N) is 6. The number of aromatic nitrogens is 3. The van der Waals surface area contributed by atoms with Crippen molar-refractivity contribution in [2.75, 3.05) is 52.0 Å². The van der Waals surface area contributed by atoms with Crippen molar-refractivity contribution in [2.24, 2.45) is 10.8 Å². The topological polar surface area (TPSA) is 205 Å².